The van der Waals surface area contributed by atoms with Gasteiger partial charge in [0.2, 0.25) is 0 Å². The van der Waals surface area contributed by atoms with Gasteiger partial charge >= 0.3 is 5.97 Å². The number of β-amino-alcohol motifs (C(OH)–C–C–N with tert-alkyl or cyclic N) is 1. The van der Waals surface area contributed by atoms with Gasteiger partial charge in [0, 0.05) is 13.0 Å². The number of benzene rings is 1. The molecule has 1 aliphatic rings. The molecule has 1 fully saturated rings. The minimum atomic E-state index is -0.760. The van der Waals surface area contributed by atoms with Crippen LogP contribution in [0.25, 0.3) is 0 Å². The molecular formula is C13H14ClNO4. The molecule has 6 heteroatoms. The molecule has 0 aliphatic carbocycles. The van der Waals surface area contributed by atoms with Crippen LogP contribution in [0.15, 0.2) is 24.3 Å². The first kappa shape index (κ1) is 13.8. The second kappa shape index (κ2) is 5.59. The topological polar surface area (TPSA) is 66.8 Å². The Labute approximate surface area is 115 Å². The smallest absolute Gasteiger partial charge is 0.328 e. The van der Waals surface area contributed by atoms with Gasteiger partial charge in [-0.25, -0.2) is 4.79 Å². The van der Waals surface area contributed by atoms with Gasteiger partial charge in [-0.1, -0.05) is 23.7 Å². The molecule has 1 aliphatic heterocycles. The number of halogens is 1. The van der Waals surface area contributed by atoms with E-state index in [4.69, 9.17) is 11.6 Å². The monoisotopic (exact) mass is 283 g/mol. The molecule has 102 valence electrons. The summed E-state index contributed by atoms with van der Waals surface area (Å²) in [5.74, 6) is -0.908. The first-order chi connectivity index (χ1) is 9.04. The van der Waals surface area contributed by atoms with Gasteiger partial charge in [-0.15, -0.1) is 0 Å². The van der Waals surface area contributed by atoms with Crippen molar-refractivity contribution in [1.82, 2.24) is 4.90 Å². The van der Waals surface area contributed by atoms with E-state index in [1.807, 2.05) is 0 Å². The van der Waals surface area contributed by atoms with Gasteiger partial charge in [0.25, 0.3) is 5.91 Å². The fourth-order valence-electron chi connectivity index (χ4n) is 2.19. The summed E-state index contributed by atoms with van der Waals surface area (Å²) >= 11 is 5.97. The largest absolute Gasteiger partial charge is 0.467 e. The van der Waals surface area contributed by atoms with Crippen LogP contribution >= 0.6 is 11.6 Å². The number of carbonyl (C=O) groups is 2. The summed E-state index contributed by atoms with van der Waals surface area (Å²) in [5, 5.41) is 9.96. The quantitative estimate of drug-likeness (QED) is 0.825. The second-order valence-electron chi connectivity index (χ2n) is 4.37. The van der Waals surface area contributed by atoms with Crippen molar-refractivity contribution >= 4 is 23.5 Å². The molecule has 1 N–H and O–H groups in total. The third-order valence-corrected chi connectivity index (χ3v) is 3.45. The third kappa shape index (κ3) is 2.72. The molecule has 1 heterocycles. The number of ether oxygens (including phenoxy) is 1. The average molecular weight is 284 g/mol. The Morgan fingerprint density at radius 3 is 2.74 bits per heavy atom. The summed E-state index contributed by atoms with van der Waals surface area (Å²) in [6.07, 6.45) is -0.543. The van der Waals surface area contributed by atoms with E-state index >= 15 is 0 Å². The van der Waals surface area contributed by atoms with Gasteiger partial charge < -0.3 is 14.7 Å². The van der Waals surface area contributed by atoms with Crippen LogP contribution < -0.4 is 0 Å². The van der Waals surface area contributed by atoms with Gasteiger partial charge in [-0.3, -0.25) is 4.79 Å². The average Bonchev–Trinajstić information content (AvgIpc) is 2.79. The molecule has 0 bridgehead atoms. The zero-order valence-corrected chi connectivity index (χ0v) is 11.1. The number of likely N-dealkylation sites (tertiary alicyclic amines) is 1. The van der Waals surface area contributed by atoms with Crippen molar-refractivity contribution in [2.45, 2.75) is 18.6 Å². The molecule has 1 saturated heterocycles. The highest BCUT2D eigenvalue weighted by Crippen LogP contribution is 2.24. The van der Waals surface area contributed by atoms with Crippen LogP contribution in [0.5, 0.6) is 0 Å². The van der Waals surface area contributed by atoms with E-state index in [1.54, 1.807) is 24.3 Å². The molecule has 2 atom stereocenters. The van der Waals surface area contributed by atoms with Crippen molar-refractivity contribution in [3.05, 3.63) is 34.9 Å². The summed E-state index contributed by atoms with van der Waals surface area (Å²) in [6.45, 7) is 0.101. The minimum absolute atomic E-state index is 0.101. The van der Waals surface area contributed by atoms with Crippen LogP contribution in [0.1, 0.15) is 16.8 Å². The number of hydrogen-bond acceptors (Lipinski definition) is 4. The molecule has 0 spiro atoms. The number of methoxy groups -OCH3 is 1. The highest BCUT2D eigenvalue weighted by atomic mass is 35.5. The second-order valence-corrected chi connectivity index (χ2v) is 4.77. The van der Waals surface area contributed by atoms with E-state index in [2.05, 4.69) is 4.74 Å². The lowest BCUT2D eigenvalue weighted by Gasteiger charge is -2.22. The maximum atomic E-state index is 12.4. The van der Waals surface area contributed by atoms with E-state index in [-0.39, 0.29) is 18.9 Å². The fourth-order valence-corrected chi connectivity index (χ4v) is 2.40. The van der Waals surface area contributed by atoms with Crippen LogP contribution in [0.4, 0.5) is 0 Å². The highest BCUT2D eigenvalue weighted by Gasteiger charge is 2.40. The number of hydrogen-bond donors (Lipinski definition) is 1. The normalized spacial score (nSPS) is 22.4. The Bertz CT molecular complexity index is 505. The van der Waals surface area contributed by atoms with E-state index < -0.39 is 18.1 Å². The summed E-state index contributed by atoms with van der Waals surface area (Å²) < 4.78 is 4.65. The van der Waals surface area contributed by atoms with Crippen molar-refractivity contribution in [3.8, 4) is 0 Å². The van der Waals surface area contributed by atoms with Crippen molar-refractivity contribution in [2.75, 3.05) is 13.7 Å². The lowest BCUT2D eigenvalue weighted by atomic mass is 10.1. The molecule has 1 aromatic carbocycles. The fraction of sp³-hybridized carbons (Fsp3) is 0.385. The Hall–Kier alpha value is -1.59. The Kier molecular flexibility index (Phi) is 4.07. The highest BCUT2D eigenvalue weighted by molar-refractivity contribution is 6.33. The van der Waals surface area contributed by atoms with Crippen molar-refractivity contribution in [1.29, 1.82) is 0 Å². The van der Waals surface area contributed by atoms with Gasteiger partial charge in [0.1, 0.15) is 6.04 Å². The number of rotatable bonds is 2. The zero-order chi connectivity index (χ0) is 14.0. The maximum absolute atomic E-state index is 12.4. The number of aliphatic hydroxyl groups excluding tert-OH is 1. The van der Waals surface area contributed by atoms with Gasteiger partial charge in [-0.05, 0) is 12.1 Å². The summed E-state index contributed by atoms with van der Waals surface area (Å²) in [4.78, 5) is 25.3. The molecule has 1 amide bonds. The molecule has 1 aromatic rings. The first-order valence-electron chi connectivity index (χ1n) is 5.86. The third-order valence-electron chi connectivity index (χ3n) is 3.12. The van der Waals surface area contributed by atoms with Crippen LogP contribution in [0.2, 0.25) is 5.02 Å². The van der Waals surface area contributed by atoms with Gasteiger partial charge in [0.05, 0.1) is 23.8 Å². The lowest BCUT2D eigenvalue weighted by Crippen LogP contribution is -2.41. The van der Waals surface area contributed by atoms with E-state index in [1.165, 1.54) is 12.0 Å². The van der Waals surface area contributed by atoms with Crippen LogP contribution in [0, 0.1) is 0 Å². The summed E-state index contributed by atoms with van der Waals surface area (Å²) in [5.41, 5.74) is 0.312. The number of aliphatic hydroxyl groups is 1. The molecule has 5 nitrogen and oxygen atoms in total. The van der Waals surface area contributed by atoms with Gasteiger partial charge in [-0.2, -0.15) is 0 Å². The van der Waals surface area contributed by atoms with E-state index in [0.717, 1.165) is 0 Å². The molecular weight excluding hydrogens is 270 g/mol. The van der Waals surface area contributed by atoms with Crippen molar-refractivity contribution < 1.29 is 19.4 Å². The predicted molar refractivity (Wildman–Crippen MR) is 68.9 cm³/mol. The Morgan fingerprint density at radius 2 is 2.11 bits per heavy atom. The Balaban J connectivity index is 2.27. The molecule has 0 radical (unpaired) electrons. The summed E-state index contributed by atoms with van der Waals surface area (Å²) in [7, 11) is 1.26. The standard InChI is InChI=1S/C13H14ClNO4/c1-19-13(18)11-6-8(16)7-15(11)12(17)9-4-2-3-5-10(9)14/h2-5,8,11,16H,6-7H2,1H3. The molecule has 2 unspecified atom stereocenters. The SMILES string of the molecule is COC(=O)C1CC(O)CN1C(=O)c1ccccc1Cl. The lowest BCUT2D eigenvalue weighted by molar-refractivity contribution is -0.145. The minimum Gasteiger partial charge on any atom is -0.467 e. The molecule has 0 saturated carbocycles. The maximum Gasteiger partial charge on any atom is 0.328 e. The Morgan fingerprint density at radius 1 is 1.42 bits per heavy atom. The number of nitrogens with zero attached hydrogens (tertiary/aromatic N) is 1. The molecule has 2 rings (SSSR count). The number of amides is 1. The zero-order valence-electron chi connectivity index (χ0n) is 10.4. The van der Waals surface area contributed by atoms with Crippen molar-refractivity contribution in [3.63, 3.8) is 0 Å². The van der Waals surface area contributed by atoms with E-state index in [0.29, 0.717) is 10.6 Å². The number of carbonyl (C=O) groups excluding carboxylic acids is 2. The van der Waals surface area contributed by atoms with Crippen molar-refractivity contribution in [2.24, 2.45) is 0 Å². The van der Waals surface area contributed by atoms with E-state index in [9.17, 15) is 14.7 Å². The van der Waals surface area contributed by atoms with Crippen LogP contribution in [-0.4, -0.2) is 47.7 Å². The van der Waals surface area contributed by atoms with Crippen LogP contribution in [-0.2, 0) is 9.53 Å². The molecule has 0 aromatic heterocycles. The first-order valence-corrected chi connectivity index (χ1v) is 6.23. The van der Waals surface area contributed by atoms with Crippen LogP contribution in [0.3, 0.4) is 0 Å². The number of esters is 1. The predicted octanol–water partition coefficient (Wildman–Crippen LogP) is 1.09. The van der Waals surface area contributed by atoms with Gasteiger partial charge in [0.15, 0.2) is 0 Å². The summed E-state index contributed by atoms with van der Waals surface area (Å²) in [6, 6.07) is 5.84. The molecule has 19 heavy (non-hydrogen) atoms.